The first-order valence-electron chi connectivity index (χ1n) is 8.91. The van der Waals surface area contributed by atoms with Gasteiger partial charge in [0.05, 0.1) is 24.5 Å². The molecule has 0 aliphatic rings. The Morgan fingerprint density at radius 2 is 2.04 bits per heavy atom. The monoisotopic (exact) mass is 385 g/mol. The fourth-order valence-corrected chi connectivity index (χ4v) is 2.48. The van der Waals surface area contributed by atoms with Crippen LogP contribution in [0.4, 0.5) is 0 Å². The summed E-state index contributed by atoms with van der Waals surface area (Å²) in [6, 6.07) is 7.01. The molecule has 1 aromatic carbocycles. The molecule has 0 aliphatic heterocycles. The highest BCUT2D eigenvalue weighted by Gasteiger charge is 2.25. The lowest BCUT2D eigenvalue weighted by Gasteiger charge is -2.12. The molecule has 28 heavy (non-hydrogen) atoms. The van der Waals surface area contributed by atoms with Gasteiger partial charge in [0.2, 0.25) is 0 Å². The van der Waals surface area contributed by atoms with Gasteiger partial charge >= 0.3 is 11.9 Å². The van der Waals surface area contributed by atoms with Crippen molar-refractivity contribution in [2.24, 2.45) is 5.92 Å². The highest BCUT2D eigenvalue weighted by atomic mass is 16.7. The molecule has 0 aliphatic carbocycles. The maximum atomic E-state index is 12.3. The molecule has 0 radical (unpaired) electrons. The van der Waals surface area contributed by atoms with Crippen LogP contribution in [0, 0.1) is 24.2 Å². The van der Waals surface area contributed by atoms with E-state index in [2.05, 4.69) is 11.1 Å². The minimum atomic E-state index is -0.655. The van der Waals surface area contributed by atoms with Gasteiger partial charge in [-0.05, 0) is 38.0 Å². The molecule has 0 saturated heterocycles. The number of aromatic nitrogens is 2. The smallest absolute Gasteiger partial charge is 0.360 e. The van der Waals surface area contributed by atoms with E-state index < -0.39 is 11.9 Å². The zero-order valence-corrected chi connectivity index (χ0v) is 16.6. The van der Waals surface area contributed by atoms with Gasteiger partial charge in [0.1, 0.15) is 11.8 Å². The van der Waals surface area contributed by atoms with Gasteiger partial charge < -0.3 is 14.3 Å². The standard InChI is InChI=1S/C20H23N3O5/c1-6-26-20(25)18-13(4)22-19(23(18)28-14(5)24)15-7-8-17(16(9-15)10-21)27-11-12(2)3/h7-9,12H,6,11H2,1-5H3. The van der Waals surface area contributed by atoms with Gasteiger partial charge in [0.25, 0.3) is 0 Å². The highest BCUT2D eigenvalue weighted by Crippen LogP contribution is 2.28. The van der Waals surface area contributed by atoms with E-state index in [1.165, 1.54) is 6.92 Å². The molecule has 0 atom stereocenters. The molecule has 8 heteroatoms. The molecule has 0 fully saturated rings. The quantitative estimate of drug-likeness (QED) is 0.675. The van der Waals surface area contributed by atoms with Crippen LogP contribution in [0.2, 0.25) is 0 Å². The lowest BCUT2D eigenvalue weighted by molar-refractivity contribution is -0.141. The third-order valence-corrected chi connectivity index (χ3v) is 3.63. The lowest BCUT2D eigenvalue weighted by Crippen LogP contribution is -2.23. The van der Waals surface area contributed by atoms with E-state index in [0.29, 0.717) is 35.1 Å². The molecule has 8 nitrogen and oxygen atoms in total. The van der Waals surface area contributed by atoms with Gasteiger partial charge in [-0.3, -0.25) is 0 Å². The topological polar surface area (TPSA) is 103 Å². The van der Waals surface area contributed by atoms with E-state index in [9.17, 15) is 14.9 Å². The predicted molar refractivity (Wildman–Crippen MR) is 101 cm³/mol. The van der Waals surface area contributed by atoms with Gasteiger partial charge in [-0.2, -0.15) is 5.26 Å². The van der Waals surface area contributed by atoms with Crippen LogP contribution in [0.25, 0.3) is 11.4 Å². The van der Waals surface area contributed by atoms with Crippen molar-refractivity contribution in [1.82, 2.24) is 9.71 Å². The van der Waals surface area contributed by atoms with Crippen LogP contribution >= 0.6 is 0 Å². The Bertz CT molecular complexity index is 925. The summed E-state index contributed by atoms with van der Waals surface area (Å²) in [7, 11) is 0. The van der Waals surface area contributed by atoms with Crippen LogP contribution in [0.15, 0.2) is 18.2 Å². The molecule has 1 heterocycles. The van der Waals surface area contributed by atoms with Crippen LogP contribution in [0.5, 0.6) is 5.75 Å². The van der Waals surface area contributed by atoms with Crippen molar-refractivity contribution in [1.29, 1.82) is 5.26 Å². The zero-order valence-electron chi connectivity index (χ0n) is 16.6. The van der Waals surface area contributed by atoms with E-state index in [1.807, 2.05) is 13.8 Å². The fraction of sp³-hybridized carbons (Fsp3) is 0.400. The van der Waals surface area contributed by atoms with Crippen LogP contribution in [-0.4, -0.2) is 34.9 Å². The first kappa shape index (κ1) is 21.0. The van der Waals surface area contributed by atoms with Crippen molar-refractivity contribution in [3.8, 4) is 23.2 Å². The Kier molecular flexibility index (Phi) is 6.77. The second-order valence-electron chi connectivity index (χ2n) is 6.49. The zero-order chi connectivity index (χ0) is 20.8. The number of benzene rings is 1. The maximum Gasteiger partial charge on any atom is 0.360 e. The van der Waals surface area contributed by atoms with Gasteiger partial charge in [-0.25, -0.2) is 14.6 Å². The molecule has 0 saturated carbocycles. The first-order chi connectivity index (χ1) is 13.3. The number of carbonyl (C=O) groups is 2. The van der Waals surface area contributed by atoms with Gasteiger partial charge in [-0.1, -0.05) is 13.8 Å². The van der Waals surface area contributed by atoms with Crippen LogP contribution in [0.3, 0.4) is 0 Å². The van der Waals surface area contributed by atoms with Crippen molar-refractivity contribution in [3.05, 3.63) is 35.2 Å². The second kappa shape index (κ2) is 9.04. The average Bonchev–Trinajstić information content (AvgIpc) is 2.95. The molecule has 0 N–H and O–H groups in total. The van der Waals surface area contributed by atoms with E-state index in [0.717, 1.165) is 4.73 Å². The number of ether oxygens (including phenoxy) is 2. The highest BCUT2D eigenvalue weighted by molar-refractivity contribution is 5.90. The summed E-state index contributed by atoms with van der Waals surface area (Å²) >= 11 is 0. The molecule has 2 aromatic rings. The maximum absolute atomic E-state index is 12.3. The fourth-order valence-electron chi connectivity index (χ4n) is 2.48. The number of carbonyl (C=O) groups excluding carboxylic acids is 2. The predicted octanol–water partition coefficient (Wildman–Crippen LogP) is 2.92. The molecular formula is C20H23N3O5. The Hall–Kier alpha value is -3.34. The summed E-state index contributed by atoms with van der Waals surface area (Å²) < 4.78 is 11.7. The van der Waals surface area contributed by atoms with Crippen LogP contribution in [-0.2, 0) is 9.53 Å². The van der Waals surface area contributed by atoms with Gasteiger partial charge in [0, 0.05) is 12.5 Å². The summed E-state index contributed by atoms with van der Waals surface area (Å²) in [6.45, 7) is 9.17. The molecule has 2 rings (SSSR count). The molecule has 0 unspecified atom stereocenters. The van der Waals surface area contributed by atoms with E-state index in [-0.39, 0.29) is 18.1 Å². The molecule has 0 amide bonds. The van der Waals surface area contributed by atoms with Crippen molar-refractivity contribution < 1.29 is 23.9 Å². The first-order valence-corrected chi connectivity index (χ1v) is 8.91. The summed E-state index contributed by atoms with van der Waals surface area (Å²) in [5, 5.41) is 9.47. The third kappa shape index (κ3) is 4.68. The van der Waals surface area contributed by atoms with E-state index in [1.54, 1.807) is 32.0 Å². The number of esters is 1. The molecule has 0 spiro atoms. The average molecular weight is 385 g/mol. The van der Waals surface area contributed by atoms with E-state index in [4.69, 9.17) is 14.3 Å². The Morgan fingerprint density at radius 1 is 1.32 bits per heavy atom. The summed E-state index contributed by atoms with van der Waals surface area (Å²) in [5.74, 6) is -0.307. The number of aryl methyl sites for hydroxylation is 1. The molecular weight excluding hydrogens is 362 g/mol. The molecule has 0 bridgehead atoms. The van der Waals surface area contributed by atoms with Gasteiger partial charge in [-0.15, -0.1) is 4.73 Å². The summed E-state index contributed by atoms with van der Waals surface area (Å²) in [6.07, 6.45) is 0. The van der Waals surface area contributed by atoms with Crippen molar-refractivity contribution >= 4 is 11.9 Å². The SMILES string of the molecule is CCOC(=O)c1c(C)nc(-c2ccc(OCC(C)C)c(C#N)c2)n1OC(C)=O. The lowest BCUT2D eigenvalue weighted by atomic mass is 10.1. The Labute approximate surface area is 163 Å². The number of nitrogens with zero attached hydrogens (tertiary/aromatic N) is 3. The number of hydrogen-bond donors (Lipinski definition) is 0. The van der Waals surface area contributed by atoms with Crippen LogP contribution in [0.1, 0.15) is 49.4 Å². The Morgan fingerprint density at radius 3 is 2.61 bits per heavy atom. The number of hydrogen-bond acceptors (Lipinski definition) is 7. The van der Waals surface area contributed by atoms with Crippen LogP contribution < -0.4 is 9.57 Å². The van der Waals surface area contributed by atoms with E-state index >= 15 is 0 Å². The normalized spacial score (nSPS) is 10.5. The Balaban J connectivity index is 2.55. The third-order valence-electron chi connectivity index (χ3n) is 3.63. The minimum absolute atomic E-state index is 0.0192. The minimum Gasteiger partial charge on any atom is -0.492 e. The number of nitriles is 1. The summed E-state index contributed by atoms with van der Waals surface area (Å²) in [4.78, 5) is 33.4. The molecule has 1 aromatic heterocycles. The van der Waals surface area contributed by atoms with Gasteiger partial charge in [0.15, 0.2) is 11.5 Å². The van der Waals surface area contributed by atoms with Crippen molar-refractivity contribution in [2.45, 2.75) is 34.6 Å². The second-order valence-corrected chi connectivity index (χ2v) is 6.49. The largest absolute Gasteiger partial charge is 0.492 e. The number of imidazole rings is 1. The molecule has 148 valence electrons. The summed E-state index contributed by atoms with van der Waals surface area (Å²) in [5.41, 5.74) is 1.17. The van der Waals surface area contributed by atoms with Crippen molar-refractivity contribution in [2.75, 3.05) is 13.2 Å². The number of rotatable bonds is 7. The van der Waals surface area contributed by atoms with Crippen molar-refractivity contribution in [3.63, 3.8) is 0 Å².